The van der Waals surface area contributed by atoms with Gasteiger partial charge in [-0.1, -0.05) is 60.7 Å². The van der Waals surface area contributed by atoms with E-state index in [1.807, 2.05) is 35.2 Å². The van der Waals surface area contributed by atoms with Crippen LogP contribution in [0.15, 0.2) is 91.0 Å². The van der Waals surface area contributed by atoms with Gasteiger partial charge in [-0.25, -0.2) is 0 Å². The zero-order valence-corrected chi connectivity index (χ0v) is 25.0. The lowest BCUT2D eigenvalue weighted by atomic mass is 10.0. The van der Waals surface area contributed by atoms with Crippen LogP contribution in [0.1, 0.15) is 23.2 Å². The van der Waals surface area contributed by atoms with Gasteiger partial charge in [0.1, 0.15) is 12.3 Å². The van der Waals surface area contributed by atoms with Crippen LogP contribution in [0.4, 0.5) is 5.82 Å². The van der Waals surface area contributed by atoms with E-state index in [0.29, 0.717) is 50.6 Å². The molecule has 44 heavy (non-hydrogen) atoms. The fourth-order valence-corrected chi connectivity index (χ4v) is 5.75. The summed E-state index contributed by atoms with van der Waals surface area (Å²) in [5.74, 6) is 1.12. The zero-order chi connectivity index (χ0) is 30.3. The Bertz CT molecular complexity index is 1550. The maximum Gasteiger partial charge on any atom is 0.254 e. The molecule has 1 aromatic heterocycles. The van der Waals surface area contributed by atoms with Crippen molar-refractivity contribution in [2.45, 2.75) is 18.9 Å². The molecule has 0 aliphatic carbocycles. The molecule has 0 N–H and O–H groups in total. The summed E-state index contributed by atoms with van der Waals surface area (Å²) >= 11 is 0. The molecule has 3 heterocycles. The Hall–Kier alpha value is -4.76. The first-order valence-electron chi connectivity index (χ1n) is 15.1. The third-order valence-electron chi connectivity index (χ3n) is 8.27. The topological polar surface area (TPSA) is 88.1 Å². The van der Waals surface area contributed by atoms with E-state index in [1.54, 1.807) is 36.3 Å². The first-order valence-corrected chi connectivity index (χ1v) is 15.1. The molecular weight excluding hydrogens is 554 g/mol. The molecule has 0 radical (unpaired) electrons. The predicted molar refractivity (Wildman–Crippen MR) is 170 cm³/mol. The smallest absolute Gasteiger partial charge is 0.254 e. The van der Waals surface area contributed by atoms with Crippen LogP contribution in [0.5, 0.6) is 5.75 Å². The Morgan fingerprint density at radius 2 is 1.61 bits per heavy atom. The summed E-state index contributed by atoms with van der Waals surface area (Å²) in [6.45, 7) is 3.45. The molecule has 226 valence electrons. The number of anilines is 1. The maximum absolute atomic E-state index is 13.5. The Balaban J connectivity index is 1.05. The standard InChI is InChI=1S/C35H37N5O4/c1-43-30-10-5-9-29(23-30)35(42)40(24-31-11-6-22-44-31)25-34(41)39-20-18-38(19-21-39)33-17-16-32(36-37-33)28-14-12-27(13-15-28)26-7-3-2-4-8-26/h2-5,7-10,12-17,23,31H,6,11,18-22,24-25H2,1H3/t31-/m1/s1. The quantitative estimate of drug-likeness (QED) is 0.277. The number of amides is 2. The van der Waals surface area contributed by atoms with Crippen molar-refractivity contribution in [1.29, 1.82) is 0 Å². The van der Waals surface area contributed by atoms with Crippen LogP contribution >= 0.6 is 0 Å². The first-order chi connectivity index (χ1) is 21.6. The molecular formula is C35H37N5O4. The lowest BCUT2D eigenvalue weighted by Crippen LogP contribution is -2.52. The Morgan fingerprint density at radius 3 is 2.30 bits per heavy atom. The molecule has 0 bridgehead atoms. The normalized spacial score (nSPS) is 16.5. The molecule has 9 heteroatoms. The second kappa shape index (κ2) is 13.7. The summed E-state index contributed by atoms with van der Waals surface area (Å²) < 4.78 is 11.1. The summed E-state index contributed by atoms with van der Waals surface area (Å²) in [5.41, 5.74) is 4.65. The van der Waals surface area contributed by atoms with Crippen molar-refractivity contribution < 1.29 is 19.1 Å². The van der Waals surface area contributed by atoms with Gasteiger partial charge in [0.2, 0.25) is 5.91 Å². The van der Waals surface area contributed by atoms with Gasteiger partial charge in [0.15, 0.2) is 5.82 Å². The van der Waals surface area contributed by atoms with Crippen LogP contribution in [0.25, 0.3) is 22.4 Å². The number of methoxy groups -OCH3 is 1. The number of aromatic nitrogens is 2. The van der Waals surface area contributed by atoms with Crippen molar-refractivity contribution in [1.82, 2.24) is 20.0 Å². The zero-order valence-electron chi connectivity index (χ0n) is 25.0. The van der Waals surface area contributed by atoms with E-state index in [0.717, 1.165) is 35.5 Å². The number of nitrogens with zero attached hydrogens (tertiary/aromatic N) is 5. The van der Waals surface area contributed by atoms with Crippen molar-refractivity contribution in [3.05, 3.63) is 96.6 Å². The lowest BCUT2D eigenvalue weighted by molar-refractivity contribution is -0.132. The van der Waals surface area contributed by atoms with Gasteiger partial charge in [-0.05, 0) is 54.3 Å². The van der Waals surface area contributed by atoms with Gasteiger partial charge < -0.3 is 24.2 Å². The second-order valence-corrected chi connectivity index (χ2v) is 11.1. The Morgan fingerprint density at radius 1 is 0.864 bits per heavy atom. The molecule has 2 aliphatic rings. The van der Waals surface area contributed by atoms with E-state index < -0.39 is 0 Å². The number of piperazine rings is 1. The summed E-state index contributed by atoms with van der Waals surface area (Å²) in [6, 6.07) is 29.6. The van der Waals surface area contributed by atoms with Crippen molar-refractivity contribution in [3.63, 3.8) is 0 Å². The third kappa shape index (κ3) is 6.89. The van der Waals surface area contributed by atoms with Gasteiger partial charge in [0.05, 0.1) is 18.9 Å². The number of carbonyl (C=O) groups excluding carboxylic acids is 2. The monoisotopic (exact) mass is 591 g/mol. The molecule has 0 saturated carbocycles. The SMILES string of the molecule is COc1cccc(C(=O)N(CC(=O)N2CCN(c3ccc(-c4ccc(-c5ccccc5)cc4)nn3)CC2)C[C@H]2CCCO2)c1. The van der Waals surface area contributed by atoms with E-state index in [4.69, 9.17) is 9.47 Å². The van der Waals surface area contributed by atoms with E-state index in [-0.39, 0.29) is 24.5 Å². The maximum atomic E-state index is 13.5. The summed E-state index contributed by atoms with van der Waals surface area (Å²) in [4.78, 5) is 32.5. The van der Waals surface area contributed by atoms with E-state index in [9.17, 15) is 9.59 Å². The molecule has 6 rings (SSSR count). The molecule has 4 aromatic rings. The van der Waals surface area contributed by atoms with E-state index in [2.05, 4.69) is 51.5 Å². The highest BCUT2D eigenvalue weighted by atomic mass is 16.5. The minimum Gasteiger partial charge on any atom is -0.497 e. The van der Waals surface area contributed by atoms with Crippen molar-refractivity contribution in [2.24, 2.45) is 0 Å². The highest BCUT2D eigenvalue weighted by molar-refractivity contribution is 5.97. The molecule has 1 atom stereocenters. The molecule has 0 spiro atoms. The van der Waals surface area contributed by atoms with Crippen LogP contribution in [0.3, 0.4) is 0 Å². The van der Waals surface area contributed by atoms with Gasteiger partial charge in [0, 0.05) is 50.5 Å². The highest BCUT2D eigenvalue weighted by Gasteiger charge is 2.29. The van der Waals surface area contributed by atoms with Crippen molar-refractivity contribution in [3.8, 4) is 28.1 Å². The van der Waals surface area contributed by atoms with Crippen LogP contribution in [0.2, 0.25) is 0 Å². The first kappa shape index (κ1) is 29.3. The molecule has 9 nitrogen and oxygen atoms in total. The highest BCUT2D eigenvalue weighted by Crippen LogP contribution is 2.25. The van der Waals surface area contributed by atoms with Crippen molar-refractivity contribution in [2.75, 3.05) is 57.9 Å². The largest absolute Gasteiger partial charge is 0.497 e. The van der Waals surface area contributed by atoms with E-state index >= 15 is 0 Å². The lowest BCUT2D eigenvalue weighted by Gasteiger charge is -2.36. The van der Waals surface area contributed by atoms with Crippen molar-refractivity contribution >= 4 is 17.6 Å². The Labute approximate surface area is 258 Å². The number of rotatable bonds is 9. The average molecular weight is 592 g/mol. The number of hydrogen-bond acceptors (Lipinski definition) is 7. The number of ether oxygens (including phenoxy) is 2. The third-order valence-corrected chi connectivity index (χ3v) is 8.27. The van der Waals surface area contributed by atoms with Crippen LogP contribution in [-0.4, -0.2) is 90.9 Å². The average Bonchev–Trinajstić information content (AvgIpc) is 3.61. The number of hydrogen-bond donors (Lipinski definition) is 0. The van der Waals surface area contributed by atoms with Gasteiger partial charge in [0.25, 0.3) is 5.91 Å². The van der Waals surface area contributed by atoms with Gasteiger partial charge in [-0.15, -0.1) is 10.2 Å². The minimum atomic E-state index is -0.198. The van der Waals surface area contributed by atoms with Gasteiger partial charge >= 0.3 is 0 Å². The number of carbonyl (C=O) groups is 2. The molecule has 2 fully saturated rings. The summed E-state index contributed by atoms with van der Waals surface area (Å²) in [6.07, 6.45) is 1.79. The minimum absolute atomic E-state index is 0.00741. The van der Waals surface area contributed by atoms with E-state index in [1.165, 1.54) is 5.56 Å². The molecule has 3 aromatic carbocycles. The second-order valence-electron chi connectivity index (χ2n) is 11.1. The Kier molecular flexibility index (Phi) is 9.12. The summed E-state index contributed by atoms with van der Waals surface area (Å²) in [5, 5.41) is 8.99. The number of benzene rings is 3. The molecule has 0 unspecified atom stereocenters. The van der Waals surface area contributed by atoms with Gasteiger partial charge in [-0.2, -0.15) is 0 Å². The van der Waals surface area contributed by atoms with Crippen LogP contribution in [-0.2, 0) is 9.53 Å². The fraction of sp³-hybridized carbons (Fsp3) is 0.314. The molecule has 2 amide bonds. The molecule has 2 aliphatic heterocycles. The fourth-order valence-electron chi connectivity index (χ4n) is 5.75. The summed E-state index contributed by atoms with van der Waals surface area (Å²) in [7, 11) is 1.57. The molecule has 2 saturated heterocycles. The van der Waals surface area contributed by atoms with Crippen LogP contribution < -0.4 is 9.64 Å². The predicted octanol–water partition coefficient (Wildman–Crippen LogP) is 4.79. The van der Waals surface area contributed by atoms with Crippen LogP contribution in [0, 0.1) is 0 Å². The van der Waals surface area contributed by atoms with Gasteiger partial charge in [-0.3, -0.25) is 9.59 Å².